The Balaban J connectivity index is 1.30. The van der Waals surface area contributed by atoms with Gasteiger partial charge in [0.15, 0.2) is 5.76 Å². The van der Waals surface area contributed by atoms with Crippen LogP contribution in [-0.2, 0) is 4.79 Å². The second-order valence-corrected chi connectivity index (χ2v) is 8.06. The SMILES string of the molecule is CC(CNC(=O)C1CCN(c2oc(-c3ccco3)nc2C#N)CC1)N(C)c1ccccc1. The summed E-state index contributed by atoms with van der Waals surface area (Å²) in [5.41, 5.74) is 1.36. The number of nitrogens with one attached hydrogen (secondary N) is 1. The van der Waals surface area contributed by atoms with Crippen LogP contribution in [0.1, 0.15) is 25.5 Å². The van der Waals surface area contributed by atoms with Crippen molar-refractivity contribution >= 4 is 17.5 Å². The molecule has 1 saturated heterocycles. The van der Waals surface area contributed by atoms with Crippen LogP contribution >= 0.6 is 0 Å². The quantitative estimate of drug-likeness (QED) is 0.607. The zero-order valence-electron chi connectivity index (χ0n) is 18.3. The molecule has 3 heterocycles. The van der Waals surface area contributed by atoms with Crippen molar-refractivity contribution in [3.8, 4) is 17.7 Å². The van der Waals surface area contributed by atoms with E-state index in [1.807, 2.05) is 30.1 Å². The number of oxazole rings is 1. The molecule has 1 fully saturated rings. The highest BCUT2D eigenvalue weighted by Gasteiger charge is 2.29. The molecular weight excluding hydrogens is 406 g/mol. The third-order valence-corrected chi connectivity index (χ3v) is 6.00. The van der Waals surface area contributed by atoms with Crippen LogP contribution in [0.25, 0.3) is 11.7 Å². The maximum Gasteiger partial charge on any atom is 0.266 e. The van der Waals surface area contributed by atoms with Crippen LogP contribution in [0.3, 0.4) is 0 Å². The molecule has 1 atom stereocenters. The van der Waals surface area contributed by atoms with Crippen molar-refractivity contribution in [2.24, 2.45) is 5.92 Å². The molecule has 2 aromatic heterocycles. The summed E-state index contributed by atoms with van der Waals surface area (Å²) in [6.07, 6.45) is 2.92. The molecule has 166 valence electrons. The van der Waals surface area contributed by atoms with Gasteiger partial charge >= 0.3 is 0 Å². The third-order valence-electron chi connectivity index (χ3n) is 6.00. The number of hydrogen-bond acceptors (Lipinski definition) is 7. The zero-order chi connectivity index (χ0) is 22.5. The molecule has 0 spiro atoms. The average Bonchev–Trinajstić information content (AvgIpc) is 3.52. The summed E-state index contributed by atoms with van der Waals surface area (Å²) in [6, 6.07) is 15.9. The lowest BCUT2D eigenvalue weighted by molar-refractivity contribution is -0.125. The van der Waals surface area contributed by atoms with Crippen molar-refractivity contribution < 1.29 is 13.6 Å². The zero-order valence-corrected chi connectivity index (χ0v) is 18.3. The summed E-state index contributed by atoms with van der Waals surface area (Å²) >= 11 is 0. The number of nitrogens with zero attached hydrogens (tertiary/aromatic N) is 4. The number of carbonyl (C=O) groups is 1. The highest BCUT2D eigenvalue weighted by Crippen LogP contribution is 2.31. The van der Waals surface area contributed by atoms with Gasteiger partial charge < -0.3 is 24.0 Å². The molecule has 1 amide bonds. The van der Waals surface area contributed by atoms with E-state index in [1.54, 1.807) is 12.1 Å². The van der Waals surface area contributed by atoms with Crippen LogP contribution in [0.2, 0.25) is 0 Å². The number of likely N-dealkylation sites (N-methyl/N-ethyl adjacent to an activating group) is 1. The lowest BCUT2D eigenvalue weighted by atomic mass is 9.96. The van der Waals surface area contributed by atoms with Crippen molar-refractivity contribution in [2.75, 3.05) is 36.5 Å². The number of hydrogen-bond donors (Lipinski definition) is 1. The van der Waals surface area contributed by atoms with Gasteiger partial charge in [0.25, 0.3) is 5.89 Å². The number of anilines is 2. The minimum Gasteiger partial charge on any atom is -0.459 e. The maximum atomic E-state index is 12.7. The summed E-state index contributed by atoms with van der Waals surface area (Å²) in [6.45, 7) is 3.93. The van der Waals surface area contributed by atoms with Crippen LogP contribution in [0.4, 0.5) is 11.6 Å². The number of para-hydroxylation sites is 1. The molecule has 4 rings (SSSR count). The molecule has 8 nitrogen and oxygen atoms in total. The number of piperidine rings is 1. The second kappa shape index (κ2) is 9.60. The molecular formula is C24H27N5O3. The molecule has 8 heteroatoms. The van der Waals surface area contributed by atoms with Crippen LogP contribution < -0.4 is 15.1 Å². The third kappa shape index (κ3) is 4.62. The molecule has 1 aliphatic rings. The van der Waals surface area contributed by atoms with E-state index in [9.17, 15) is 10.1 Å². The highest BCUT2D eigenvalue weighted by atomic mass is 16.4. The lowest BCUT2D eigenvalue weighted by Crippen LogP contribution is -2.45. The van der Waals surface area contributed by atoms with Gasteiger partial charge in [-0.3, -0.25) is 4.79 Å². The molecule has 0 bridgehead atoms. The number of carbonyl (C=O) groups excluding carboxylic acids is 1. The number of rotatable bonds is 7. The van der Waals surface area contributed by atoms with Crippen LogP contribution in [0, 0.1) is 17.2 Å². The van der Waals surface area contributed by atoms with Gasteiger partial charge in [-0.25, -0.2) is 0 Å². The van der Waals surface area contributed by atoms with Crippen LogP contribution in [0.15, 0.2) is 57.6 Å². The molecule has 1 unspecified atom stereocenters. The van der Waals surface area contributed by atoms with E-state index in [0.29, 0.717) is 44.1 Å². The van der Waals surface area contributed by atoms with Crippen LogP contribution in [0.5, 0.6) is 0 Å². The molecule has 3 aromatic rings. The standard InChI is InChI=1S/C24H27N5O3/c1-17(28(2)19-7-4-3-5-8-19)16-26-22(30)18-10-12-29(13-11-18)24-20(15-25)27-23(32-24)21-9-6-14-31-21/h3-9,14,17-18H,10-13,16H2,1-2H3,(H,26,30). The Morgan fingerprint density at radius 2 is 2.03 bits per heavy atom. The van der Waals surface area contributed by atoms with Crippen molar-refractivity contribution in [1.29, 1.82) is 5.26 Å². The van der Waals surface area contributed by atoms with Gasteiger partial charge in [-0.2, -0.15) is 10.2 Å². The van der Waals surface area contributed by atoms with Gasteiger partial charge in [0.2, 0.25) is 17.5 Å². The van der Waals surface area contributed by atoms with Gasteiger partial charge in [-0.1, -0.05) is 18.2 Å². The summed E-state index contributed by atoms with van der Waals surface area (Å²) in [5, 5.41) is 12.6. The molecule has 1 aliphatic heterocycles. The first-order valence-corrected chi connectivity index (χ1v) is 10.8. The largest absolute Gasteiger partial charge is 0.459 e. The van der Waals surface area contributed by atoms with E-state index < -0.39 is 0 Å². The molecule has 1 aromatic carbocycles. The molecule has 0 aliphatic carbocycles. The summed E-state index contributed by atoms with van der Waals surface area (Å²) in [7, 11) is 2.03. The topological polar surface area (TPSA) is 98.5 Å². The maximum absolute atomic E-state index is 12.7. The van der Waals surface area contributed by atoms with Gasteiger partial charge in [0.1, 0.15) is 6.07 Å². The van der Waals surface area contributed by atoms with E-state index in [1.165, 1.54) is 6.26 Å². The Kier molecular flexibility index (Phi) is 6.45. The molecule has 1 N–H and O–H groups in total. The summed E-state index contributed by atoms with van der Waals surface area (Å²) < 4.78 is 11.1. The Bertz CT molecular complexity index is 1060. The van der Waals surface area contributed by atoms with Crippen molar-refractivity contribution in [3.05, 3.63) is 54.4 Å². The van der Waals surface area contributed by atoms with E-state index >= 15 is 0 Å². The summed E-state index contributed by atoms with van der Waals surface area (Å²) in [5.74, 6) is 1.23. The second-order valence-electron chi connectivity index (χ2n) is 8.06. The van der Waals surface area contributed by atoms with Crippen molar-refractivity contribution in [1.82, 2.24) is 10.3 Å². The lowest BCUT2D eigenvalue weighted by Gasteiger charge is -2.32. The van der Waals surface area contributed by atoms with Gasteiger partial charge in [0, 0.05) is 44.3 Å². The molecule has 32 heavy (non-hydrogen) atoms. The van der Waals surface area contributed by atoms with Crippen LogP contribution in [-0.4, -0.2) is 43.6 Å². The Morgan fingerprint density at radius 3 is 2.69 bits per heavy atom. The van der Waals surface area contributed by atoms with E-state index in [4.69, 9.17) is 8.83 Å². The molecule has 0 radical (unpaired) electrons. The summed E-state index contributed by atoms with van der Waals surface area (Å²) in [4.78, 5) is 21.1. The fraction of sp³-hybridized carbons (Fsp3) is 0.375. The van der Waals surface area contributed by atoms with Crippen molar-refractivity contribution in [3.63, 3.8) is 0 Å². The first kappa shape index (κ1) is 21.5. The normalized spacial score (nSPS) is 15.2. The Morgan fingerprint density at radius 1 is 1.28 bits per heavy atom. The smallest absolute Gasteiger partial charge is 0.266 e. The van der Waals surface area contributed by atoms with Gasteiger partial charge in [-0.05, 0) is 44.0 Å². The first-order chi connectivity index (χ1) is 15.6. The fourth-order valence-corrected chi connectivity index (χ4v) is 3.90. The predicted molar refractivity (Wildman–Crippen MR) is 121 cm³/mol. The number of aromatic nitrogens is 1. The monoisotopic (exact) mass is 433 g/mol. The van der Waals surface area contributed by atoms with Gasteiger partial charge in [-0.15, -0.1) is 0 Å². The van der Waals surface area contributed by atoms with E-state index in [2.05, 4.69) is 40.3 Å². The van der Waals surface area contributed by atoms with Gasteiger partial charge in [0.05, 0.1) is 6.26 Å². The molecule has 0 saturated carbocycles. The number of furan rings is 1. The fourth-order valence-electron chi connectivity index (χ4n) is 3.90. The Labute approximate surface area is 187 Å². The minimum absolute atomic E-state index is 0.0570. The number of amides is 1. The minimum atomic E-state index is -0.0570. The first-order valence-electron chi connectivity index (χ1n) is 10.8. The van der Waals surface area contributed by atoms with E-state index in [-0.39, 0.29) is 29.5 Å². The number of benzene rings is 1. The average molecular weight is 434 g/mol. The number of nitriles is 1. The van der Waals surface area contributed by atoms with E-state index in [0.717, 1.165) is 5.69 Å². The van der Waals surface area contributed by atoms with Crippen molar-refractivity contribution in [2.45, 2.75) is 25.8 Å². The predicted octanol–water partition coefficient (Wildman–Crippen LogP) is 3.66. The Hall–Kier alpha value is -3.73. The highest BCUT2D eigenvalue weighted by molar-refractivity contribution is 5.79.